The first kappa shape index (κ1) is 22.4. The molecule has 1 aliphatic heterocycles. The summed E-state index contributed by atoms with van der Waals surface area (Å²) in [5, 5.41) is 6.23. The Labute approximate surface area is 187 Å². The molecule has 4 rings (SSSR count). The molecule has 0 saturated heterocycles. The maximum absolute atomic E-state index is 12.7. The van der Waals surface area contributed by atoms with E-state index in [1.54, 1.807) is 6.20 Å². The van der Waals surface area contributed by atoms with Gasteiger partial charge in [-0.15, -0.1) is 0 Å². The second kappa shape index (κ2) is 9.00. The number of dihydropyridines is 1. The van der Waals surface area contributed by atoms with Crippen molar-refractivity contribution in [3.05, 3.63) is 65.6 Å². The number of aromatic nitrogens is 4. The summed E-state index contributed by atoms with van der Waals surface area (Å²) in [7, 11) is 1.92. The number of hydrogen-bond acceptors (Lipinski definition) is 6. The third-order valence-corrected chi connectivity index (χ3v) is 5.32. The zero-order valence-electron chi connectivity index (χ0n) is 17.9. The van der Waals surface area contributed by atoms with Gasteiger partial charge in [-0.05, 0) is 0 Å². The standard InChI is InChI=1S/C22H21F3N6O2/c1-13(17-12-27-19(31(17)2)14-6-4-3-5-7-14)9-28-20(32)16-8-15(10-26-11-16)18-29-21(33-30-18)22(23,24)25/h3-8,11-13,15H,9-10H2,1-2H3,(H,28,32)/t13?,15-/m1/s1. The van der Waals surface area contributed by atoms with Gasteiger partial charge < -0.3 is 14.4 Å². The average molecular weight is 458 g/mol. The molecule has 0 spiro atoms. The van der Waals surface area contributed by atoms with E-state index in [9.17, 15) is 18.0 Å². The highest BCUT2D eigenvalue weighted by Gasteiger charge is 2.39. The van der Waals surface area contributed by atoms with Crippen LogP contribution in [0.25, 0.3) is 11.4 Å². The third kappa shape index (κ3) is 4.86. The fourth-order valence-corrected chi connectivity index (χ4v) is 3.56. The van der Waals surface area contributed by atoms with Crippen molar-refractivity contribution in [2.75, 3.05) is 13.1 Å². The molecule has 1 N–H and O–H groups in total. The normalized spacial score (nSPS) is 17.0. The molecule has 3 heterocycles. The van der Waals surface area contributed by atoms with Crippen molar-refractivity contribution < 1.29 is 22.5 Å². The number of nitrogens with zero attached hydrogens (tertiary/aromatic N) is 5. The van der Waals surface area contributed by atoms with E-state index in [4.69, 9.17) is 0 Å². The van der Waals surface area contributed by atoms with E-state index in [1.807, 2.05) is 48.9 Å². The Morgan fingerprint density at radius 1 is 1.30 bits per heavy atom. The highest BCUT2D eigenvalue weighted by Crippen LogP contribution is 2.29. The lowest BCUT2D eigenvalue weighted by Crippen LogP contribution is -2.31. The van der Waals surface area contributed by atoms with Crippen molar-refractivity contribution in [2.45, 2.75) is 24.9 Å². The summed E-state index contributed by atoms with van der Waals surface area (Å²) in [5.74, 6) is -1.87. The summed E-state index contributed by atoms with van der Waals surface area (Å²) in [6.45, 7) is 2.43. The Balaban J connectivity index is 1.41. The summed E-state index contributed by atoms with van der Waals surface area (Å²) in [4.78, 5) is 24.6. The van der Waals surface area contributed by atoms with E-state index in [0.717, 1.165) is 17.1 Å². The van der Waals surface area contributed by atoms with Gasteiger partial charge in [0.2, 0.25) is 0 Å². The second-order valence-corrected chi connectivity index (χ2v) is 7.72. The van der Waals surface area contributed by atoms with Crippen LogP contribution in [0.2, 0.25) is 0 Å². The fourth-order valence-electron chi connectivity index (χ4n) is 3.56. The highest BCUT2D eigenvalue weighted by molar-refractivity contribution is 6.12. The van der Waals surface area contributed by atoms with Crippen LogP contribution in [0.4, 0.5) is 13.2 Å². The Bertz CT molecular complexity index is 1200. The van der Waals surface area contributed by atoms with Crippen LogP contribution in [0.5, 0.6) is 0 Å². The molecule has 1 amide bonds. The molecule has 8 nitrogen and oxygen atoms in total. The average Bonchev–Trinajstić information content (AvgIpc) is 3.45. The van der Waals surface area contributed by atoms with Gasteiger partial charge in [-0.1, -0.05) is 48.5 Å². The lowest BCUT2D eigenvalue weighted by atomic mass is 10.0. The van der Waals surface area contributed by atoms with Crippen molar-refractivity contribution in [1.82, 2.24) is 25.0 Å². The predicted octanol–water partition coefficient (Wildman–Crippen LogP) is 3.50. The van der Waals surface area contributed by atoms with Crippen molar-refractivity contribution in [3.63, 3.8) is 0 Å². The Hall–Kier alpha value is -3.76. The van der Waals surface area contributed by atoms with Gasteiger partial charge in [0.15, 0.2) is 5.82 Å². The first-order chi connectivity index (χ1) is 15.7. The van der Waals surface area contributed by atoms with Gasteiger partial charge in [-0.25, -0.2) is 4.98 Å². The number of nitrogens with one attached hydrogen (secondary N) is 1. The molecule has 33 heavy (non-hydrogen) atoms. The quantitative estimate of drug-likeness (QED) is 0.610. The number of benzene rings is 1. The molecule has 0 saturated carbocycles. The van der Waals surface area contributed by atoms with Crippen molar-refractivity contribution >= 4 is 12.1 Å². The topological polar surface area (TPSA) is 98.2 Å². The van der Waals surface area contributed by atoms with E-state index in [-0.39, 0.29) is 29.8 Å². The largest absolute Gasteiger partial charge is 0.471 e. The maximum Gasteiger partial charge on any atom is 0.471 e. The summed E-state index contributed by atoms with van der Waals surface area (Å²) in [5.41, 5.74) is 2.17. The minimum Gasteiger partial charge on any atom is -0.351 e. The fraction of sp³-hybridized carbons (Fsp3) is 0.318. The Kier molecular flexibility index (Phi) is 6.12. The van der Waals surface area contributed by atoms with Gasteiger partial charge in [-0.2, -0.15) is 18.2 Å². The monoisotopic (exact) mass is 458 g/mol. The predicted molar refractivity (Wildman–Crippen MR) is 114 cm³/mol. The van der Waals surface area contributed by atoms with Crippen LogP contribution in [0.3, 0.4) is 0 Å². The molecule has 2 atom stereocenters. The third-order valence-electron chi connectivity index (χ3n) is 5.32. The SMILES string of the molecule is CC(CNC(=O)C1=C[C@@H](c2noc(C(F)(F)F)n2)CN=C1)c1cnc(-c2ccccc2)n1C. The van der Waals surface area contributed by atoms with E-state index in [1.165, 1.54) is 12.3 Å². The summed E-state index contributed by atoms with van der Waals surface area (Å²) in [6, 6.07) is 9.78. The minimum absolute atomic E-state index is 0.0348. The maximum atomic E-state index is 12.7. The molecule has 1 aromatic carbocycles. The van der Waals surface area contributed by atoms with Gasteiger partial charge in [0.1, 0.15) is 5.82 Å². The van der Waals surface area contributed by atoms with E-state index < -0.39 is 18.0 Å². The van der Waals surface area contributed by atoms with E-state index >= 15 is 0 Å². The van der Waals surface area contributed by atoms with Crippen molar-refractivity contribution in [1.29, 1.82) is 0 Å². The first-order valence-electron chi connectivity index (χ1n) is 10.2. The zero-order chi connectivity index (χ0) is 23.6. The van der Waals surface area contributed by atoms with Crippen molar-refractivity contribution in [3.8, 4) is 11.4 Å². The van der Waals surface area contributed by atoms with Crippen LogP contribution in [0, 0.1) is 0 Å². The molecule has 3 aromatic rings. The van der Waals surface area contributed by atoms with Crippen LogP contribution >= 0.6 is 0 Å². The van der Waals surface area contributed by atoms with Crippen LogP contribution < -0.4 is 5.32 Å². The number of imidazole rings is 1. The smallest absolute Gasteiger partial charge is 0.351 e. The van der Waals surface area contributed by atoms with E-state index in [0.29, 0.717) is 6.54 Å². The summed E-state index contributed by atoms with van der Waals surface area (Å²) >= 11 is 0. The van der Waals surface area contributed by atoms with Gasteiger partial charge in [0, 0.05) is 43.2 Å². The van der Waals surface area contributed by atoms with E-state index in [2.05, 4.69) is 30.0 Å². The molecule has 0 fully saturated rings. The summed E-state index contributed by atoms with van der Waals surface area (Å²) < 4.78 is 44.4. The molecule has 11 heteroatoms. The molecule has 1 aliphatic rings. The number of carbonyl (C=O) groups is 1. The molecule has 0 aliphatic carbocycles. The summed E-state index contributed by atoms with van der Waals surface area (Å²) in [6.07, 6.45) is -0.0607. The molecule has 2 aromatic heterocycles. The van der Waals surface area contributed by atoms with Crippen LogP contribution in [0.15, 0.2) is 57.7 Å². The number of halogens is 3. The minimum atomic E-state index is -4.73. The number of aliphatic imine (C=N–C) groups is 1. The molecule has 0 bridgehead atoms. The molecular weight excluding hydrogens is 437 g/mol. The number of hydrogen-bond donors (Lipinski definition) is 1. The molecule has 172 valence electrons. The highest BCUT2D eigenvalue weighted by atomic mass is 19.4. The molecule has 1 unspecified atom stereocenters. The van der Waals surface area contributed by atoms with Crippen LogP contribution in [0.1, 0.15) is 36.2 Å². The van der Waals surface area contributed by atoms with Gasteiger partial charge in [-0.3, -0.25) is 9.79 Å². The van der Waals surface area contributed by atoms with Crippen LogP contribution in [-0.2, 0) is 18.0 Å². The number of alkyl halides is 3. The van der Waals surface area contributed by atoms with Gasteiger partial charge in [0.25, 0.3) is 5.91 Å². The number of amides is 1. The second-order valence-electron chi connectivity index (χ2n) is 7.72. The first-order valence-corrected chi connectivity index (χ1v) is 10.2. The lowest BCUT2D eigenvalue weighted by molar-refractivity contribution is -0.159. The molecule has 0 radical (unpaired) electrons. The van der Waals surface area contributed by atoms with Crippen LogP contribution in [-0.4, -0.2) is 44.9 Å². The van der Waals surface area contributed by atoms with Gasteiger partial charge >= 0.3 is 12.1 Å². The Morgan fingerprint density at radius 2 is 2.06 bits per heavy atom. The number of rotatable bonds is 6. The lowest BCUT2D eigenvalue weighted by Gasteiger charge is -2.16. The number of carbonyl (C=O) groups excluding carboxylic acids is 1. The van der Waals surface area contributed by atoms with Gasteiger partial charge in [0.05, 0.1) is 18.0 Å². The molecular formula is C22H21F3N6O2. The zero-order valence-corrected chi connectivity index (χ0v) is 17.9. The van der Waals surface area contributed by atoms with Crippen molar-refractivity contribution in [2.24, 2.45) is 12.0 Å². The Morgan fingerprint density at radius 3 is 2.76 bits per heavy atom.